The van der Waals surface area contributed by atoms with Gasteiger partial charge in [-0.1, -0.05) is 12.5 Å². The standard InChI is InChI=1S/C27H30F3N3O3S/c1-3-36-22-12-16(10-11-21(22)35-2)26(34)31-17-13-18-6-4-7-19(14-17)33(18)15-24-32-25-20(27(28,29)30)8-5-9-23(25)37-24/h5,8-12,17-19H,3-4,6-7,13-15H2,1-2H3,(H,31,34). The van der Waals surface area contributed by atoms with Crippen LogP contribution in [-0.4, -0.2) is 47.6 Å². The van der Waals surface area contributed by atoms with Gasteiger partial charge in [0.2, 0.25) is 0 Å². The van der Waals surface area contributed by atoms with Gasteiger partial charge in [-0.05, 0) is 62.9 Å². The van der Waals surface area contributed by atoms with Crippen LogP contribution in [0.15, 0.2) is 36.4 Å². The molecule has 0 aliphatic carbocycles. The number of amides is 1. The van der Waals surface area contributed by atoms with Crippen LogP contribution in [0.1, 0.15) is 60.0 Å². The molecule has 37 heavy (non-hydrogen) atoms. The largest absolute Gasteiger partial charge is 0.493 e. The van der Waals surface area contributed by atoms with Gasteiger partial charge in [-0.3, -0.25) is 9.69 Å². The van der Waals surface area contributed by atoms with E-state index < -0.39 is 11.7 Å². The normalized spacial score (nSPS) is 22.1. The lowest BCUT2D eigenvalue weighted by atomic mass is 9.81. The number of halogens is 3. The number of methoxy groups -OCH3 is 1. The third kappa shape index (κ3) is 5.40. The van der Waals surface area contributed by atoms with Crippen molar-refractivity contribution in [2.24, 2.45) is 0 Å². The second kappa shape index (κ2) is 10.5. The quantitative estimate of drug-likeness (QED) is 0.401. The first kappa shape index (κ1) is 25.8. The molecule has 2 unspecified atom stereocenters. The van der Waals surface area contributed by atoms with Crippen molar-refractivity contribution in [3.63, 3.8) is 0 Å². The zero-order valence-corrected chi connectivity index (χ0v) is 21.6. The molecule has 2 aliphatic heterocycles. The number of thiazole rings is 1. The van der Waals surface area contributed by atoms with Gasteiger partial charge in [0, 0.05) is 23.7 Å². The summed E-state index contributed by atoms with van der Waals surface area (Å²) in [5, 5.41) is 3.90. The molecule has 2 fully saturated rings. The predicted octanol–water partition coefficient (Wildman–Crippen LogP) is 6.04. The highest BCUT2D eigenvalue weighted by atomic mass is 32.1. The average Bonchev–Trinajstić information content (AvgIpc) is 3.26. The SMILES string of the molecule is CCOc1cc(C(=O)NC2CC3CCCC(C2)N3Cc2nc3c(C(F)(F)F)cccc3s2)ccc1OC. The maximum Gasteiger partial charge on any atom is 0.418 e. The first-order valence-electron chi connectivity index (χ1n) is 12.6. The van der Waals surface area contributed by atoms with Crippen LogP contribution in [0.3, 0.4) is 0 Å². The topological polar surface area (TPSA) is 63.7 Å². The number of piperidine rings is 2. The van der Waals surface area contributed by atoms with E-state index in [2.05, 4.69) is 15.2 Å². The molecule has 6 nitrogen and oxygen atoms in total. The average molecular weight is 534 g/mol. The van der Waals surface area contributed by atoms with Gasteiger partial charge >= 0.3 is 6.18 Å². The number of para-hydroxylation sites is 1. The molecule has 2 atom stereocenters. The van der Waals surface area contributed by atoms with Crippen LogP contribution in [0.25, 0.3) is 10.2 Å². The molecule has 10 heteroatoms. The predicted molar refractivity (Wildman–Crippen MR) is 136 cm³/mol. The summed E-state index contributed by atoms with van der Waals surface area (Å²) in [7, 11) is 1.56. The Morgan fingerprint density at radius 1 is 1.16 bits per heavy atom. The Hall–Kier alpha value is -2.85. The number of ether oxygens (including phenoxy) is 2. The van der Waals surface area contributed by atoms with E-state index >= 15 is 0 Å². The first-order chi connectivity index (χ1) is 17.8. The smallest absolute Gasteiger partial charge is 0.418 e. The van der Waals surface area contributed by atoms with E-state index in [1.807, 2.05) is 6.92 Å². The number of carbonyl (C=O) groups is 1. The Morgan fingerprint density at radius 3 is 2.59 bits per heavy atom. The van der Waals surface area contributed by atoms with E-state index in [4.69, 9.17) is 9.47 Å². The van der Waals surface area contributed by atoms with Crippen LogP contribution in [-0.2, 0) is 12.7 Å². The summed E-state index contributed by atoms with van der Waals surface area (Å²) >= 11 is 1.33. The minimum atomic E-state index is -4.43. The second-order valence-corrected chi connectivity index (χ2v) is 10.7. The highest BCUT2D eigenvalue weighted by Crippen LogP contribution is 2.39. The van der Waals surface area contributed by atoms with Crippen LogP contribution < -0.4 is 14.8 Å². The van der Waals surface area contributed by atoms with E-state index in [0.29, 0.717) is 39.9 Å². The van der Waals surface area contributed by atoms with Gasteiger partial charge in [0.05, 0.1) is 36.0 Å². The minimum Gasteiger partial charge on any atom is -0.493 e. The summed E-state index contributed by atoms with van der Waals surface area (Å²) < 4.78 is 51.8. The van der Waals surface area contributed by atoms with Crippen LogP contribution in [0, 0.1) is 0 Å². The minimum absolute atomic E-state index is 0.0314. The number of nitrogens with one attached hydrogen (secondary N) is 1. The number of alkyl halides is 3. The zero-order chi connectivity index (χ0) is 26.2. The van der Waals surface area contributed by atoms with E-state index in [-0.39, 0.29) is 29.5 Å². The molecular formula is C27H30F3N3O3S. The molecule has 1 amide bonds. The summed E-state index contributed by atoms with van der Waals surface area (Å²) in [6, 6.07) is 9.94. The molecule has 2 aliphatic rings. The van der Waals surface area contributed by atoms with E-state index in [1.54, 1.807) is 31.4 Å². The molecule has 1 N–H and O–H groups in total. The highest BCUT2D eigenvalue weighted by molar-refractivity contribution is 7.18. The molecule has 0 radical (unpaired) electrons. The molecule has 2 bridgehead atoms. The van der Waals surface area contributed by atoms with E-state index in [9.17, 15) is 18.0 Å². The van der Waals surface area contributed by atoms with Gasteiger partial charge in [0.15, 0.2) is 11.5 Å². The Kier molecular flexibility index (Phi) is 7.31. The van der Waals surface area contributed by atoms with Gasteiger partial charge in [-0.25, -0.2) is 4.98 Å². The van der Waals surface area contributed by atoms with Crippen molar-refractivity contribution < 1.29 is 27.4 Å². The van der Waals surface area contributed by atoms with Gasteiger partial charge in [-0.2, -0.15) is 13.2 Å². The monoisotopic (exact) mass is 533 g/mol. The van der Waals surface area contributed by atoms with Crippen molar-refractivity contribution in [2.45, 2.75) is 69.9 Å². The van der Waals surface area contributed by atoms with Crippen molar-refractivity contribution in [2.75, 3.05) is 13.7 Å². The lowest BCUT2D eigenvalue weighted by Crippen LogP contribution is -2.56. The van der Waals surface area contributed by atoms with E-state index in [0.717, 1.165) is 38.2 Å². The van der Waals surface area contributed by atoms with Crippen LogP contribution in [0.5, 0.6) is 11.5 Å². The number of carbonyl (C=O) groups excluding carboxylic acids is 1. The maximum absolute atomic E-state index is 13.4. The van der Waals surface area contributed by atoms with Gasteiger partial charge in [-0.15, -0.1) is 11.3 Å². The molecule has 198 valence electrons. The summed E-state index contributed by atoms with van der Waals surface area (Å²) in [6.45, 7) is 2.88. The highest BCUT2D eigenvalue weighted by Gasteiger charge is 2.39. The van der Waals surface area contributed by atoms with Crippen LogP contribution in [0.2, 0.25) is 0 Å². The fourth-order valence-corrected chi connectivity index (χ4v) is 6.66. The number of fused-ring (bicyclic) bond motifs is 3. The molecule has 3 aromatic rings. The van der Waals surface area contributed by atoms with Crippen LogP contribution in [0.4, 0.5) is 13.2 Å². The van der Waals surface area contributed by atoms with Gasteiger partial charge in [0.25, 0.3) is 5.91 Å². The fraction of sp³-hybridized carbons (Fsp3) is 0.481. The second-order valence-electron chi connectivity index (χ2n) is 9.61. The van der Waals surface area contributed by atoms with Crippen molar-refractivity contribution in [1.82, 2.24) is 15.2 Å². The molecular weight excluding hydrogens is 503 g/mol. The number of nitrogens with zero attached hydrogens (tertiary/aromatic N) is 2. The number of rotatable bonds is 7. The molecule has 3 heterocycles. The van der Waals surface area contributed by atoms with Gasteiger partial charge < -0.3 is 14.8 Å². The number of hydrogen-bond donors (Lipinski definition) is 1. The van der Waals surface area contributed by atoms with Crippen molar-refractivity contribution in [3.8, 4) is 11.5 Å². The molecule has 5 rings (SSSR count). The Balaban J connectivity index is 1.28. The maximum atomic E-state index is 13.4. The Morgan fingerprint density at radius 2 is 1.92 bits per heavy atom. The molecule has 0 spiro atoms. The number of aromatic nitrogens is 1. The Labute approximate surface area is 217 Å². The Bertz CT molecular complexity index is 1260. The fourth-order valence-electron chi connectivity index (χ4n) is 5.66. The molecule has 0 saturated carbocycles. The van der Waals surface area contributed by atoms with Crippen molar-refractivity contribution in [1.29, 1.82) is 0 Å². The van der Waals surface area contributed by atoms with Gasteiger partial charge in [0.1, 0.15) is 5.01 Å². The first-order valence-corrected chi connectivity index (χ1v) is 13.4. The summed E-state index contributed by atoms with van der Waals surface area (Å²) in [5.41, 5.74) is -0.125. The third-order valence-electron chi connectivity index (χ3n) is 7.27. The number of hydrogen-bond acceptors (Lipinski definition) is 6. The summed E-state index contributed by atoms with van der Waals surface area (Å²) in [4.78, 5) is 19.8. The van der Waals surface area contributed by atoms with Crippen LogP contribution >= 0.6 is 11.3 Å². The van der Waals surface area contributed by atoms with E-state index in [1.165, 1.54) is 17.4 Å². The summed E-state index contributed by atoms with van der Waals surface area (Å²) in [6.07, 6.45) is 0.286. The lowest BCUT2D eigenvalue weighted by Gasteiger charge is -2.48. The van der Waals surface area contributed by atoms with Crippen molar-refractivity contribution in [3.05, 3.63) is 52.5 Å². The van der Waals surface area contributed by atoms with Crippen molar-refractivity contribution >= 4 is 27.5 Å². The lowest BCUT2D eigenvalue weighted by molar-refractivity contribution is -0.136. The molecule has 1 aromatic heterocycles. The summed E-state index contributed by atoms with van der Waals surface area (Å²) in [5.74, 6) is 0.971. The third-order valence-corrected chi connectivity index (χ3v) is 8.28. The zero-order valence-electron chi connectivity index (χ0n) is 20.8. The number of benzene rings is 2. The molecule has 2 saturated heterocycles. The molecule has 2 aromatic carbocycles.